The Morgan fingerprint density at radius 2 is 1.33 bits per heavy atom. The summed E-state index contributed by atoms with van der Waals surface area (Å²) in [5.74, 6) is -0.0120. The number of unbranched alkanes of at least 4 members (excludes halogenated alkanes) is 3. The highest BCUT2D eigenvalue weighted by Crippen LogP contribution is 2.32. The van der Waals surface area contributed by atoms with Crippen LogP contribution in [0.15, 0.2) is 0 Å². The van der Waals surface area contributed by atoms with E-state index in [4.69, 9.17) is 30.1 Å². The molecule has 0 aromatic rings. The van der Waals surface area contributed by atoms with Crippen molar-refractivity contribution in [1.29, 1.82) is 0 Å². The van der Waals surface area contributed by atoms with E-state index in [1.54, 1.807) is 0 Å². The Morgan fingerprint density at radius 3 is 1.82 bits per heavy atom. The SMILES string of the molecule is C#CC(OC(=O)CCCC)[C@H]1O[C@@H](OC(=O)CCCC)[C@@H](OC(=O)CCCC)[C@@H]1OC(C)=O. The van der Waals surface area contributed by atoms with E-state index in [1.165, 1.54) is 6.92 Å². The van der Waals surface area contributed by atoms with Crippen molar-refractivity contribution in [2.24, 2.45) is 0 Å². The molecule has 1 aliphatic heterocycles. The monoisotopic (exact) mass is 468 g/mol. The van der Waals surface area contributed by atoms with Crippen molar-refractivity contribution in [1.82, 2.24) is 0 Å². The molecule has 1 fully saturated rings. The zero-order valence-corrected chi connectivity index (χ0v) is 20.0. The topological polar surface area (TPSA) is 114 Å². The third-order valence-electron chi connectivity index (χ3n) is 4.95. The first-order valence-corrected chi connectivity index (χ1v) is 11.6. The summed E-state index contributed by atoms with van der Waals surface area (Å²) in [6.45, 7) is 6.95. The smallest absolute Gasteiger partial charge is 0.308 e. The van der Waals surface area contributed by atoms with Crippen LogP contribution in [0, 0.1) is 12.3 Å². The Morgan fingerprint density at radius 1 is 0.818 bits per heavy atom. The van der Waals surface area contributed by atoms with Gasteiger partial charge in [-0.2, -0.15) is 0 Å². The molecule has 0 aromatic carbocycles. The largest absolute Gasteiger partial charge is 0.455 e. The number of esters is 4. The minimum atomic E-state index is -1.36. The number of terminal acetylenes is 1. The molecule has 0 amide bonds. The third-order valence-corrected chi connectivity index (χ3v) is 4.95. The molecule has 9 nitrogen and oxygen atoms in total. The average molecular weight is 469 g/mol. The van der Waals surface area contributed by atoms with E-state index in [2.05, 4.69) is 5.92 Å². The lowest BCUT2D eigenvalue weighted by atomic mass is 10.1. The number of ether oxygens (including phenoxy) is 5. The molecule has 186 valence electrons. The molecule has 1 saturated heterocycles. The van der Waals surface area contributed by atoms with Crippen LogP contribution in [0.3, 0.4) is 0 Å². The summed E-state index contributed by atoms with van der Waals surface area (Å²) >= 11 is 0. The number of hydrogen-bond donors (Lipinski definition) is 0. The summed E-state index contributed by atoms with van der Waals surface area (Å²) in [6, 6.07) is 0. The normalized spacial score (nSPS) is 22.6. The summed E-state index contributed by atoms with van der Waals surface area (Å²) in [4.78, 5) is 48.6. The summed E-state index contributed by atoms with van der Waals surface area (Å²) in [5.41, 5.74) is 0. The Bertz CT molecular complexity index is 697. The Hall–Kier alpha value is -2.60. The van der Waals surface area contributed by atoms with Crippen molar-refractivity contribution >= 4 is 23.9 Å². The predicted molar refractivity (Wildman–Crippen MR) is 117 cm³/mol. The van der Waals surface area contributed by atoms with Crippen molar-refractivity contribution in [2.45, 2.75) is 116 Å². The van der Waals surface area contributed by atoms with E-state index >= 15 is 0 Å². The fourth-order valence-electron chi connectivity index (χ4n) is 3.20. The molecule has 1 rings (SSSR count). The first-order chi connectivity index (χ1) is 15.8. The van der Waals surface area contributed by atoms with Gasteiger partial charge in [-0.25, -0.2) is 0 Å². The highest BCUT2D eigenvalue weighted by molar-refractivity contribution is 5.71. The van der Waals surface area contributed by atoms with Crippen LogP contribution in [-0.4, -0.2) is 54.6 Å². The molecule has 1 heterocycles. The molecule has 33 heavy (non-hydrogen) atoms. The molecule has 0 spiro atoms. The second kappa shape index (κ2) is 15.3. The van der Waals surface area contributed by atoms with E-state index in [0.717, 1.165) is 19.3 Å². The van der Waals surface area contributed by atoms with Crippen LogP contribution < -0.4 is 0 Å². The molecule has 1 unspecified atom stereocenters. The molecule has 1 aliphatic rings. The van der Waals surface area contributed by atoms with E-state index in [9.17, 15) is 19.2 Å². The second-order valence-corrected chi connectivity index (χ2v) is 7.88. The van der Waals surface area contributed by atoms with Gasteiger partial charge in [0.05, 0.1) is 0 Å². The lowest BCUT2D eigenvalue weighted by molar-refractivity contribution is -0.201. The quantitative estimate of drug-likeness (QED) is 0.215. The zero-order valence-electron chi connectivity index (χ0n) is 20.0. The maximum atomic E-state index is 12.4. The van der Waals surface area contributed by atoms with Crippen molar-refractivity contribution in [3.8, 4) is 12.3 Å². The molecule has 0 aromatic heterocycles. The summed E-state index contributed by atoms with van der Waals surface area (Å²) in [7, 11) is 0. The zero-order chi connectivity index (χ0) is 24.8. The highest BCUT2D eigenvalue weighted by Gasteiger charge is 2.54. The molecule has 0 radical (unpaired) electrons. The van der Waals surface area contributed by atoms with Crippen LogP contribution in [0.1, 0.15) is 85.5 Å². The molecular formula is C24H36O9. The van der Waals surface area contributed by atoms with Gasteiger partial charge in [0.1, 0.15) is 0 Å². The van der Waals surface area contributed by atoms with Crippen LogP contribution in [-0.2, 0) is 42.9 Å². The van der Waals surface area contributed by atoms with E-state index in [-0.39, 0.29) is 19.3 Å². The fraction of sp³-hybridized carbons (Fsp3) is 0.750. The van der Waals surface area contributed by atoms with Crippen molar-refractivity contribution in [3.63, 3.8) is 0 Å². The molecule has 0 saturated carbocycles. The Labute approximate surface area is 195 Å². The summed E-state index contributed by atoms with van der Waals surface area (Å²) < 4.78 is 27.4. The van der Waals surface area contributed by atoms with Crippen LogP contribution in [0.4, 0.5) is 0 Å². The second-order valence-electron chi connectivity index (χ2n) is 7.88. The van der Waals surface area contributed by atoms with Crippen molar-refractivity contribution in [2.75, 3.05) is 0 Å². The average Bonchev–Trinajstić information content (AvgIpc) is 3.08. The first-order valence-electron chi connectivity index (χ1n) is 11.6. The predicted octanol–water partition coefficient (Wildman–Crippen LogP) is 3.21. The van der Waals surface area contributed by atoms with Gasteiger partial charge in [-0.3, -0.25) is 19.2 Å². The number of carbonyl (C=O) groups excluding carboxylic acids is 4. The third kappa shape index (κ3) is 9.82. The molecule has 0 N–H and O–H groups in total. The van der Waals surface area contributed by atoms with Gasteiger partial charge in [-0.15, -0.1) is 6.42 Å². The van der Waals surface area contributed by atoms with Crippen LogP contribution in [0.5, 0.6) is 0 Å². The molecule has 0 bridgehead atoms. The maximum absolute atomic E-state index is 12.4. The van der Waals surface area contributed by atoms with Crippen molar-refractivity contribution in [3.05, 3.63) is 0 Å². The maximum Gasteiger partial charge on any atom is 0.308 e. The summed E-state index contributed by atoms with van der Waals surface area (Å²) in [6.07, 6.45) is 3.90. The van der Waals surface area contributed by atoms with Gasteiger partial charge in [-0.1, -0.05) is 46.0 Å². The van der Waals surface area contributed by atoms with Gasteiger partial charge in [0.25, 0.3) is 0 Å². The van der Waals surface area contributed by atoms with Gasteiger partial charge in [0, 0.05) is 26.2 Å². The Kier molecular flexibility index (Phi) is 13.2. The fourth-order valence-corrected chi connectivity index (χ4v) is 3.20. The van der Waals surface area contributed by atoms with Crippen LogP contribution >= 0.6 is 0 Å². The molecule has 5 atom stereocenters. The van der Waals surface area contributed by atoms with Gasteiger partial charge in [0.2, 0.25) is 12.4 Å². The lowest BCUT2D eigenvalue weighted by Gasteiger charge is -2.25. The molecule has 0 aliphatic carbocycles. The number of rotatable bonds is 14. The highest BCUT2D eigenvalue weighted by atomic mass is 16.8. The minimum absolute atomic E-state index is 0.130. The minimum Gasteiger partial charge on any atom is -0.455 e. The van der Waals surface area contributed by atoms with Gasteiger partial charge >= 0.3 is 23.9 Å². The van der Waals surface area contributed by atoms with Crippen LogP contribution in [0.25, 0.3) is 0 Å². The number of hydrogen-bond acceptors (Lipinski definition) is 9. The van der Waals surface area contributed by atoms with Crippen molar-refractivity contribution < 1.29 is 42.9 Å². The van der Waals surface area contributed by atoms with Crippen LogP contribution in [0.2, 0.25) is 0 Å². The van der Waals surface area contributed by atoms with Gasteiger partial charge < -0.3 is 23.7 Å². The first kappa shape index (κ1) is 28.4. The van der Waals surface area contributed by atoms with E-state index in [1.807, 2.05) is 20.8 Å². The number of carbonyl (C=O) groups is 4. The van der Waals surface area contributed by atoms with Gasteiger partial charge in [-0.05, 0) is 19.3 Å². The standard InChI is InChI=1S/C24H36O9/c1-6-10-13-18(26)30-17(9-4)21-22(29-16(5)25)23(31-19(27)14-11-7-2)24(33-21)32-20(28)15-12-8-3/h4,17,21-24H,6-8,10-15H2,1-3,5H3/t17?,21-,22-,23+,24-/m1/s1. The summed E-state index contributed by atoms with van der Waals surface area (Å²) in [5, 5.41) is 0. The molecular weight excluding hydrogens is 432 g/mol. The van der Waals surface area contributed by atoms with Gasteiger partial charge in [0.15, 0.2) is 18.3 Å². The Balaban J connectivity index is 3.15. The van der Waals surface area contributed by atoms with E-state index in [0.29, 0.717) is 19.3 Å². The lowest BCUT2D eigenvalue weighted by Crippen LogP contribution is -2.45. The van der Waals surface area contributed by atoms with E-state index < -0.39 is 54.6 Å². The molecule has 9 heteroatoms.